The molecule has 0 bridgehead atoms. The van der Waals surface area contributed by atoms with Gasteiger partial charge in [-0.3, -0.25) is 20.2 Å². The molecule has 19 heteroatoms. The summed E-state index contributed by atoms with van der Waals surface area (Å²) in [5.41, 5.74) is 5.31. The van der Waals surface area contributed by atoms with Gasteiger partial charge >= 0.3 is 45.9 Å². The van der Waals surface area contributed by atoms with Crippen molar-refractivity contribution in [1.82, 2.24) is 19.1 Å². The summed E-state index contributed by atoms with van der Waals surface area (Å²) >= 11 is 1.89. The van der Waals surface area contributed by atoms with E-state index in [0.717, 1.165) is 31.8 Å². The molecule has 2 aromatic carbocycles. The summed E-state index contributed by atoms with van der Waals surface area (Å²) in [5, 5.41) is 24.4. The second kappa shape index (κ2) is 19.0. The van der Waals surface area contributed by atoms with Crippen molar-refractivity contribution in [3.8, 4) is 21.1 Å². The average molecular weight is 866 g/mol. The number of rotatable bonds is 4. The normalized spacial score (nSPS) is 10.1. The van der Waals surface area contributed by atoms with E-state index in [4.69, 9.17) is 19.4 Å². The molecule has 268 valence electrons. The fraction of sp³-hybridized carbons (Fsp3) is 0.250. The number of nitro groups is 2. The molecule has 0 radical (unpaired) electrons. The van der Waals surface area contributed by atoms with E-state index >= 15 is 0 Å². The Morgan fingerprint density at radius 2 is 0.961 bits per heavy atom. The minimum absolute atomic E-state index is 0. The number of fused-ring (bicyclic) bond motifs is 4. The monoisotopic (exact) mass is 862 g/mol. The Hall–Kier alpha value is -3.30. The summed E-state index contributed by atoms with van der Waals surface area (Å²) < 4.78 is 5.38. The van der Waals surface area contributed by atoms with Gasteiger partial charge in [-0.2, -0.15) is 0 Å². The van der Waals surface area contributed by atoms with Crippen LogP contribution >= 0.6 is 42.1 Å². The molecule has 2 aromatic rings. The van der Waals surface area contributed by atoms with Crippen LogP contribution < -0.4 is 54.5 Å². The Morgan fingerprint density at radius 3 is 1.24 bits per heavy atom. The Labute approximate surface area is 330 Å². The summed E-state index contributed by atoms with van der Waals surface area (Å²) in [7, 11) is 25.0. The third-order valence-electron chi connectivity index (χ3n) is 7.33. The fourth-order valence-corrected chi connectivity index (χ4v) is 7.17. The van der Waals surface area contributed by atoms with Gasteiger partial charge < -0.3 is 34.6 Å². The second-order valence-corrected chi connectivity index (χ2v) is 18.2. The van der Waals surface area contributed by atoms with E-state index in [1.165, 1.54) is 22.7 Å². The van der Waals surface area contributed by atoms with Crippen molar-refractivity contribution >= 4 is 85.2 Å². The number of nitro benzene ring substituents is 2. The molecular formula is C32H34Cl4N8O4S2Zn. The van der Waals surface area contributed by atoms with Crippen molar-refractivity contribution in [1.29, 1.82) is 0 Å². The van der Waals surface area contributed by atoms with Crippen LogP contribution in [0.25, 0.3) is 41.6 Å². The van der Waals surface area contributed by atoms with E-state index in [-0.39, 0.29) is 46.0 Å². The molecule has 0 saturated heterocycles. The van der Waals surface area contributed by atoms with E-state index in [1.807, 2.05) is 86.5 Å². The van der Waals surface area contributed by atoms with Gasteiger partial charge in [-0.05, 0) is 48.5 Å². The Kier molecular flexibility index (Phi) is 16.3. The van der Waals surface area contributed by atoms with Crippen molar-refractivity contribution in [2.24, 2.45) is 0 Å². The molecule has 2 heterocycles. The Bertz CT molecular complexity index is 2120. The number of hydrogen-bond donors (Lipinski definition) is 0. The number of nitrogens with zero attached hydrogens (tertiary/aromatic N) is 8. The van der Waals surface area contributed by atoms with Gasteiger partial charge in [-0.1, -0.05) is 0 Å². The van der Waals surface area contributed by atoms with Crippen molar-refractivity contribution in [2.75, 3.05) is 66.2 Å². The SMILES string of the molecule is CN(C)c1ccc2nc3ccc(=[N+](C)C)c([N+](=O)[O-])c-3sc2c1.CN(C)c1ccc2nc3ccc(=[N+](C)C)c([N+](=O)[O-])c-3sc2c1.[Cl-].[Cl-].[Cl][Zn][Cl]. The molecule has 0 saturated carbocycles. The minimum atomic E-state index is -0.931. The number of aromatic nitrogens is 2. The van der Waals surface area contributed by atoms with Crippen LogP contribution in [0.2, 0.25) is 0 Å². The summed E-state index contributed by atoms with van der Waals surface area (Å²) in [6, 6.07) is 19.1. The molecular weight excluding hydrogens is 832 g/mol. The van der Waals surface area contributed by atoms with Crippen LogP contribution in [0, 0.1) is 20.2 Å². The van der Waals surface area contributed by atoms with Crippen molar-refractivity contribution < 1.29 is 49.8 Å². The predicted octanol–water partition coefficient (Wildman–Crippen LogP) is 0.199. The van der Waals surface area contributed by atoms with Gasteiger partial charge in [0.05, 0.1) is 41.7 Å². The molecule has 0 aromatic heterocycles. The zero-order valence-electron chi connectivity index (χ0n) is 29.0. The molecule has 2 aliphatic heterocycles. The summed E-state index contributed by atoms with van der Waals surface area (Å²) in [4.78, 5) is 36.9. The van der Waals surface area contributed by atoms with Crippen molar-refractivity contribution in [2.45, 2.75) is 0 Å². The molecule has 0 amide bonds. The van der Waals surface area contributed by atoms with Crippen LogP contribution in [0.15, 0.2) is 60.7 Å². The quantitative estimate of drug-likeness (QED) is 0.0811. The fourth-order valence-electron chi connectivity index (χ4n) is 4.94. The first-order valence-corrected chi connectivity index (χ1v) is 24.1. The first kappa shape index (κ1) is 43.9. The Morgan fingerprint density at radius 1 is 0.627 bits per heavy atom. The van der Waals surface area contributed by atoms with Crippen molar-refractivity contribution in [3.63, 3.8) is 0 Å². The molecule has 2 aliphatic carbocycles. The summed E-state index contributed by atoms with van der Waals surface area (Å²) in [6.07, 6.45) is 0. The topological polar surface area (TPSA) is 125 Å². The zero-order chi connectivity index (χ0) is 36.2. The maximum absolute atomic E-state index is 11.6. The van der Waals surface area contributed by atoms with Gasteiger partial charge in [0.2, 0.25) is 0 Å². The first-order chi connectivity index (χ1) is 23.2. The van der Waals surface area contributed by atoms with E-state index in [9.17, 15) is 20.2 Å². The van der Waals surface area contributed by atoms with Crippen LogP contribution in [0.1, 0.15) is 0 Å². The van der Waals surface area contributed by atoms with Gasteiger partial charge in [-0.15, -0.1) is 22.7 Å². The third-order valence-corrected chi connectivity index (χ3v) is 9.64. The molecule has 0 spiro atoms. The van der Waals surface area contributed by atoms with Gasteiger partial charge in [0.25, 0.3) is 10.7 Å². The number of benzene rings is 4. The third kappa shape index (κ3) is 9.98. The van der Waals surface area contributed by atoms with E-state index in [1.54, 1.807) is 49.5 Å². The van der Waals surface area contributed by atoms with Gasteiger partial charge in [0.1, 0.15) is 37.9 Å². The standard InChI is InChI=1S/2C16H17N4O2S.4ClH.Zn/c2*1-18(2)10-5-6-11-14(9-10)23-16-12(17-11)7-8-13(19(3)4)15(16)20(21)22;;;;;/h2*5-9H,1-4H3;4*1H;/q2*+1;;;;;+2/p-4. The molecule has 12 nitrogen and oxygen atoms in total. The second-order valence-electron chi connectivity index (χ2n) is 11.5. The van der Waals surface area contributed by atoms with Crippen LogP contribution in [-0.2, 0) is 15.1 Å². The molecule has 4 aliphatic rings. The maximum atomic E-state index is 11.6. The number of halogens is 4. The zero-order valence-corrected chi connectivity index (χ0v) is 36.6. The van der Waals surface area contributed by atoms with Gasteiger partial charge in [0, 0.05) is 51.7 Å². The molecule has 0 unspecified atom stereocenters. The van der Waals surface area contributed by atoms with Gasteiger partial charge in [0.15, 0.2) is 0 Å². The first-order valence-electron chi connectivity index (χ1n) is 14.7. The van der Waals surface area contributed by atoms with Crippen LogP contribution in [0.3, 0.4) is 0 Å². The molecule has 6 rings (SSSR count). The number of hydrogen-bond acceptors (Lipinski definition) is 10. The molecule has 0 N–H and O–H groups in total. The van der Waals surface area contributed by atoms with E-state index in [2.05, 4.69) is 9.97 Å². The van der Waals surface area contributed by atoms with Crippen LogP contribution in [0.4, 0.5) is 22.7 Å². The molecule has 0 atom stereocenters. The Balaban J connectivity index is 0.000000317. The summed E-state index contributed by atoms with van der Waals surface area (Å²) in [5.74, 6) is 0. The van der Waals surface area contributed by atoms with Gasteiger partial charge in [-0.25, -0.2) is 19.1 Å². The number of anilines is 2. The van der Waals surface area contributed by atoms with E-state index < -0.39 is 15.1 Å². The van der Waals surface area contributed by atoms with Crippen molar-refractivity contribution in [3.05, 3.63) is 91.6 Å². The van der Waals surface area contributed by atoms with Crippen LogP contribution in [-0.4, -0.2) is 76.2 Å². The van der Waals surface area contributed by atoms with E-state index in [0.29, 0.717) is 31.9 Å². The average Bonchev–Trinajstić information content (AvgIpc) is 3.04. The molecule has 51 heavy (non-hydrogen) atoms. The predicted molar refractivity (Wildman–Crippen MR) is 200 cm³/mol. The van der Waals surface area contributed by atoms with Crippen LogP contribution in [0.5, 0.6) is 0 Å². The molecule has 0 fully saturated rings. The summed E-state index contributed by atoms with van der Waals surface area (Å²) in [6.45, 7) is 0.